The van der Waals surface area contributed by atoms with Gasteiger partial charge in [0.2, 0.25) is 0 Å². The molecule has 0 fully saturated rings. The maximum atomic E-state index is 10.5. The molecule has 0 aromatic heterocycles. The van der Waals surface area contributed by atoms with Crippen molar-refractivity contribution in [2.75, 3.05) is 0 Å². The summed E-state index contributed by atoms with van der Waals surface area (Å²) >= 11 is 0. The molecule has 0 bridgehead atoms. The minimum absolute atomic E-state index is 0.0811. The van der Waals surface area contributed by atoms with E-state index < -0.39 is 12.0 Å². The number of hydrogen-bond acceptors (Lipinski definition) is 4. The van der Waals surface area contributed by atoms with Crippen molar-refractivity contribution in [2.45, 2.75) is 26.3 Å². The standard InChI is InChI=1S/C7H13NO4/c1-3-5(2)6(7(10)11)8-12-4-9/h4-6,8H,3H2,1-2H3,(H,10,11). The summed E-state index contributed by atoms with van der Waals surface area (Å²) in [6.07, 6.45) is 0.701. The van der Waals surface area contributed by atoms with E-state index >= 15 is 0 Å². The Bertz CT molecular complexity index is 159. The van der Waals surface area contributed by atoms with Crippen molar-refractivity contribution < 1.29 is 19.5 Å². The fraction of sp³-hybridized carbons (Fsp3) is 0.714. The molecule has 2 unspecified atom stereocenters. The average molecular weight is 175 g/mol. The van der Waals surface area contributed by atoms with E-state index in [9.17, 15) is 9.59 Å². The van der Waals surface area contributed by atoms with Crippen molar-refractivity contribution >= 4 is 12.4 Å². The molecule has 5 nitrogen and oxygen atoms in total. The van der Waals surface area contributed by atoms with E-state index in [0.29, 0.717) is 6.42 Å². The third-order valence-corrected chi connectivity index (χ3v) is 1.72. The molecule has 0 saturated heterocycles. The van der Waals surface area contributed by atoms with Crippen LogP contribution in [0, 0.1) is 5.92 Å². The van der Waals surface area contributed by atoms with Gasteiger partial charge < -0.3 is 9.94 Å². The molecule has 0 amide bonds. The third kappa shape index (κ3) is 3.34. The second kappa shape index (κ2) is 5.54. The van der Waals surface area contributed by atoms with Gasteiger partial charge in [-0.15, -0.1) is 5.48 Å². The first kappa shape index (κ1) is 10.9. The van der Waals surface area contributed by atoms with E-state index in [0.717, 1.165) is 0 Å². The molecule has 0 aliphatic carbocycles. The monoisotopic (exact) mass is 175 g/mol. The maximum absolute atomic E-state index is 10.5. The maximum Gasteiger partial charge on any atom is 0.324 e. The SMILES string of the molecule is CCC(C)C(NOC=O)C(=O)O. The van der Waals surface area contributed by atoms with Crippen molar-refractivity contribution in [2.24, 2.45) is 5.92 Å². The van der Waals surface area contributed by atoms with Crippen LogP contribution in [-0.4, -0.2) is 23.6 Å². The van der Waals surface area contributed by atoms with Crippen LogP contribution in [0.2, 0.25) is 0 Å². The Labute approximate surface area is 70.7 Å². The predicted molar refractivity (Wildman–Crippen MR) is 41.2 cm³/mol. The van der Waals surface area contributed by atoms with Crippen LogP contribution in [0.15, 0.2) is 0 Å². The van der Waals surface area contributed by atoms with Gasteiger partial charge in [-0.05, 0) is 5.92 Å². The first-order valence-electron chi connectivity index (χ1n) is 3.71. The van der Waals surface area contributed by atoms with Crippen molar-refractivity contribution in [3.05, 3.63) is 0 Å². The van der Waals surface area contributed by atoms with Crippen LogP contribution in [0.1, 0.15) is 20.3 Å². The number of nitrogens with one attached hydrogen (secondary N) is 1. The van der Waals surface area contributed by atoms with Gasteiger partial charge in [-0.25, -0.2) is 0 Å². The van der Waals surface area contributed by atoms with Gasteiger partial charge in [-0.3, -0.25) is 9.59 Å². The second-order valence-electron chi connectivity index (χ2n) is 2.53. The Morgan fingerprint density at radius 2 is 2.33 bits per heavy atom. The van der Waals surface area contributed by atoms with Crippen molar-refractivity contribution in [1.82, 2.24) is 5.48 Å². The van der Waals surface area contributed by atoms with Gasteiger partial charge >= 0.3 is 12.4 Å². The van der Waals surface area contributed by atoms with E-state index in [1.165, 1.54) is 0 Å². The lowest BCUT2D eigenvalue weighted by Gasteiger charge is -2.17. The van der Waals surface area contributed by atoms with Crippen LogP contribution in [0.3, 0.4) is 0 Å². The zero-order valence-electron chi connectivity index (χ0n) is 7.11. The summed E-state index contributed by atoms with van der Waals surface area (Å²) in [6.45, 7) is 3.79. The molecule has 0 saturated carbocycles. The Morgan fingerprint density at radius 1 is 1.75 bits per heavy atom. The van der Waals surface area contributed by atoms with E-state index in [2.05, 4.69) is 10.3 Å². The second-order valence-corrected chi connectivity index (χ2v) is 2.53. The summed E-state index contributed by atoms with van der Waals surface area (Å²) in [5, 5.41) is 8.64. The highest BCUT2D eigenvalue weighted by molar-refractivity contribution is 5.73. The fourth-order valence-electron chi connectivity index (χ4n) is 0.747. The summed E-state index contributed by atoms with van der Waals surface area (Å²) in [5.41, 5.74) is 2.15. The molecule has 0 heterocycles. The quantitative estimate of drug-likeness (QED) is 0.444. The highest BCUT2D eigenvalue weighted by Gasteiger charge is 2.23. The Kier molecular flexibility index (Phi) is 5.03. The number of carbonyl (C=O) groups excluding carboxylic acids is 1. The van der Waals surface area contributed by atoms with Crippen LogP contribution >= 0.6 is 0 Å². The molecule has 0 aliphatic rings. The molecule has 0 rings (SSSR count). The molecule has 0 spiro atoms. The minimum atomic E-state index is -1.02. The van der Waals surface area contributed by atoms with Crippen LogP contribution in [0.25, 0.3) is 0 Å². The largest absolute Gasteiger partial charge is 0.480 e. The van der Waals surface area contributed by atoms with Gasteiger partial charge in [0.1, 0.15) is 6.04 Å². The van der Waals surface area contributed by atoms with Gasteiger partial charge in [0.15, 0.2) is 0 Å². The molecule has 70 valence electrons. The minimum Gasteiger partial charge on any atom is -0.480 e. The first-order valence-corrected chi connectivity index (χ1v) is 3.71. The predicted octanol–water partition coefficient (Wildman–Crippen LogP) is 0.163. The van der Waals surface area contributed by atoms with Gasteiger partial charge in [0.05, 0.1) is 0 Å². The summed E-state index contributed by atoms with van der Waals surface area (Å²) in [7, 11) is 0. The number of rotatable bonds is 6. The van der Waals surface area contributed by atoms with Crippen molar-refractivity contribution in [1.29, 1.82) is 0 Å². The number of hydrogen-bond donors (Lipinski definition) is 2. The topological polar surface area (TPSA) is 75.6 Å². The van der Waals surface area contributed by atoms with Crippen LogP contribution in [0.4, 0.5) is 0 Å². The van der Waals surface area contributed by atoms with Gasteiger partial charge in [-0.1, -0.05) is 20.3 Å². The third-order valence-electron chi connectivity index (χ3n) is 1.72. The van der Waals surface area contributed by atoms with Crippen LogP contribution in [0.5, 0.6) is 0 Å². The highest BCUT2D eigenvalue weighted by Crippen LogP contribution is 2.07. The zero-order chi connectivity index (χ0) is 9.56. The number of hydroxylamine groups is 1. The molecule has 0 aromatic rings. The highest BCUT2D eigenvalue weighted by atomic mass is 16.7. The lowest BCUT2D eigenvalue weighted by molar-refractivity contribution is -0.150. The van der Waals surface area contributed by atoms with E-state index in [-0.39, 0.29) is 12.4 Å². The summed E-state index contributed by atoms with van der Waals surface area (Å²) in [4.78, 5) is 24.5. The molecule has 12 heavy (non-hydrogen) atoms. The smallest absolute Gasteiger partial charge is 0.324 e. The summed E-state index contributed by atoms with van der Waals surface area (Å²) < 4.78 is 0. The Hall–Kier alpha value is -1.10. The van der Waals surface area contributed by atoms with Gasteiger partial charge in [0, 0.05) is 0 Å². The summed E-state index contributed by atoms with van der Waals surface area (Å²) in [5.74, 6) is -1.10. The van der Waals surface area contributed by atoms with Gasteiger partial charge in [-0.2, -0.15) is 0 Å². The average Bonchev–Trinajstić information content (AvgIpc) is 2.04. The lowest BCUT2D eigenvalue weighted by atomic mass is 10.0. The number of carbonyl (C=O) groups is 2. The molecule has 0 aromatic carbocycles. The molecular formula is C7H13NO4. The fourth-order valence-corrected chi connectivity index (χ4v) is 0.747. The first-order chi connectivity index (χ1) is 5.63. The normalized spacial score (nSPS) is 14.8. The van der Waals surface area contributed by atoms with E-state index in [1.807, 2.05) is 6.92 Å². The molecule has 0 aliphatic heterocycles. The van der Waals surface area contributed by atoms with Crippen LogP contribution < -0.4 is 5.48 Å². The number of aliphatic carboxylic acids is 1. The van der Waals surface area contributed by atoms with E-state index in [4.69, 9.17) is 5.11 Å². The van der Waals surface area contributed by atoms with Crippen molar-refractivity contribution in [3.63, 3.8) is 0 Å². The van der Waals surface area contributed by atoms with E-state index in [1.54, 1.807) is 6.92 Å². The number of carboxylic acids is 1. The Balaban J connectivity index is 4.02. The molecule has 0 radical (unpaired) electrons. The summed E-state index contributed by atoms with van der Waals surface area (Å²) in [6, 6.07) is -0.833. The molecular weight excluding hydrogens is 162 g/mol. The Morgan fingerprint density at radius 3 is 2.67 bits per heavy atom. The van der Waals surface area contributed by atoms with Crippen molar-refractivity contribution in [3.8, 4) is 0 Å². The molecule has 2 N–H and O–H groups in total. The van der Waals surface area contributed by atoms with Gasteiger partial charge in [0.25, 0.3) is 0 Å². The lowest BCUT2D eigenvalue weighted by Crippen LogP contribution is -2.41. The zero-order valence-corrected chi connectivity index (χ0v) is 7.11. The number of carboxylic acid groups (broad SMARTS) is 1. The van der Waals surface area contributed by atoms with Crippen LogP contribution in [-0.2, 0) is 14.4 Å². The molecule has 5 heteroatoms. The molecule has 2 atom stereocenters.